The minimum absolute atomic E-state index is 0.0225. The molecule has 0 atom stereocenters. The molecule has 0 heterocycles. The van der Waals surface area contributed by atoms with Crippen molar-refractivity contribution in [3.63, 3.8) is 0 Å². The number of rotatable bonds is 10. The summed E-state index contributed by atoms with van der Waals surface area (Å²) in [7, 11) is 0. The smallest absolute Gasteiger partial charge is 0.338 e. The average Bonchev–Trinajstić information content (AvgIpc) is 2.75. The lowest BCUT2D eigenvalue weighted by molar-refractivity contribution is 0.0432. The Morgan fingerprint density at radius 2 is 1.03 bits per heavy atom. The normalized spacial score (nSPS) is 10.3. The van der Waals surface area contributed by atoms with Gasteiger partial charge >= 0.3 is 11.9 Å². The standard InChI is InChI=1S/C23H24O6/c1-3-21(25)18-8-12-20(13-9-18)23(27)29-15-5-4-14-28-22(26)19-10-6-17(7-11-19)16(2)24/h6-13H,3-5,14-15H2,1-2H3. The lowest BCUT2D eigenvalue weighted by Crippen LogP contribution is -2.09. The van der Waals surface area contributed by atoms with Gasteiger partial charge in [0.05, 0.1) is 24.3 Å². The van der Waals surface area contributed by atoms with Gasteiger partial charge in [0.15, 0.2) is 11.6 Å². The van der Waals surface area contributed by atoms with Gasteiger partial charge in [-0.15, -0.1) is 0 Å². The zero-order valence-electron chi connectivity index (χ0n) is 16.6. The van der Waals surface area contributed by atoms with Crippen LogP contribution in [0.4, 0.5) is 0 Å². The van der Waals surface area contributed by atoms with Crippen molar-refractivity contribution in [3.05, 3.63) is 70.8 Å². The molecule has 0 aliphatic heterocycles. The van der Waals surface area contributed by atoms with E-state index in [1.165, 1.54) is 6.92 Å². The average molecular weight is 396 g/mol. The van der Waals surface area contributed by atoms with E-state index in [1.807, 2.05) is 0 Å². The molecule has 0 saturated carbocycles. The van der Waals surface area contributed by atoms with E-state index >= 15 is 0 Å². The first-order valence-corrected chi connectivity index (χ1v) is 9.51. The maximum Gasteiger partial charge on any atom is 0.338 e. The van der Waals surface area contributed by atoms with Gasteiger partial charge < -0.3 is 9.47 Å². The number of hydrogen-bond acceptors (Lipinski definition) is 6. The summed E-state index contributed by atoms with van der Waals surface area (Å²) in [5.74, 6) is -0.957. The van der Waals surface area contributed by atoms with Crippen molar-refractivity contribution >= 4 is 23.5 Å². The summed E-state index contributed by atoms with van der Waals surface area (Å²) in [6, 6.07) is 12.7. The van der Waals surface area contributed by atoms with Gasteiger partial charge in [-0.05, 0) is 44.0 Å². The Bertz CT molecular complexity index is 865. The Morgan fingerprint density at radius 3 is 1.41 bits per heavy atom. The van der Waals surface area contributed by atoms with E-state index in [1.54, 1.807) is 55.5 Å². The molecule has 0 fully saturated rings. The van der Waals surface area contributed by atoms with Crippen LogP contribution in [0.25, 0.3) is 0 Å². The van der Waals surface area contributed by atoms with E-state index < -0.39 is 11.9 Å². The summed E-state index contributed by atoms with van der Waals surface area (Å²) in [5.41, 5.74) is 1.88. The molecule has 0 N–H and O–H groups in total. The van der Waals surface area contributed by atoms with Crippen LogP contribution in [0, 0.1) is 0 Å². The number of benzene rings is 2. The summed E-state index contributed by atoms with van der Waals surface area (Å²) in [6.45, 7) is 3.66. The fourth-order valence-corrected chi connectivity index (χ4v) is 2.54. The Labute approximate surface area is 169 Å². The molecule has 0 radical (unpaired) electrons. The van der Waals surface area contributed by atoms with Gasteiger partial charge in [-0.2, -0.15) is 0 Å². The molecule has 152 valence electrons. The SMILES string of the molecule is CCC(=O)c1ccc(C(=O)OCCCCOC(=O)c2ccc(C(C)=O)cc2)cc1. The summed E-state index contributed by atoms with van der Waals surface area (Å²) in [5, 5.41) is 0. The molecule has 0 aliphatic carbocycles. The maximum absolute atomic E-state index is 12.0. The van der Waals surface area contributed by atoms with Crippen LogP contribution in [0.3, 0.4) is 0 Å². The first-order chi connectivity index (χ1) is 13.9. The van der Waals surface area contributed by atoms with E-state index in [9.17, 15) is 19.2 Å². The van der Waals surface area contributed by atoms with Gasteiger partial charge in [0.2, 0.25) is 0 Å². The minimum Gasteiger partial charge on any atom is -0.462 e. The molecule has 6 heteroatoms. The molecule has 0 bridgehead atoms. The van der Waals surface area contributed by atoms with Gasteiger partial charge in [0.1, 0.15) is 0 Å². The van der Waals surface area contributed by atoms with Crippen LogP contribution in [-0.4, -0.2) is 36.7 Å². The van der Waals surface area contributed by atoms with E-state index in [0.29, 0.717) is 41.5 Å². The van der Waals surface area contributed by atoms with Crippen molar-refractivity contribution in [3.8, 4) is 0 Å². The van der Waals surface area contributed by atoms with Crippen LogP contribution in [0.1, 0.15) is 74.5 Å². The van der Waals surface area contributed by atoms with Crippen LogP contribution in [-0.2, 0) is 9.47 Å². The monoisotopic (exact) mass is 396 g/mol. The third-order valence-electron chi connectivity index (χ3n) is 4.30. The quantitative estimate of drug-likeness (QED) is 0.338. The van der Waals surface area contributed by atoms with Crippen molar-refractivity contribution in [1.82, 2.24) is 0 Å². The fourth-order valence-electron chi connectivity index (χ4n) is 2.54. The fraction of sp³-hybridized carbons (Fsp3) is 0.304. The summed E-state index contributed by atoms with van der Waals surface area (Å²) in [6.07, 6.45) is 1.52. The second kappa shape index (κ2) is 10.9. The predicted molar refractivity (Wildman–Crippen MR) is 107 cm³/mol. The van der Waals surface area contributed by atoms with Gasteiger partial charge in [-0.25, -0.2) is 9.59 Å². The molecular weight excluding hydrogens is 372 g/mol. The largest absolute Gasteiger partial charge is 0.462 e. The van der Waals surface area contributed by atoms with E-state index in [-0.39, 0.29) is 24.8 Å². The van der Waals surface area contributed by atoms with E-state index in [4.69, 9.17) is 9.47 Å². The van der Waals surface area contributed by atoms with Gasteiger partial charge in [-0.1, -0.05) is 31.2 Å². The molecule has 2 rings (SSSR count). The van der Waals surface area contributed by atoms with Crippen molar-refractivity contribution < 1.29 is 28.7 Å². The van der Waals surface area contributed by atoms with Crippen LogP contribution in [0.15, 0.2) is 48.5 Å². The van der Waals surface area contributed by atoms with Gasteiger partial charge in [0.25, 0.3) is 0 Å². The summed E-state index contributed by atoms with van der Waals surface area (Å²) in [4.78, 5) is 46.7. The summed E-state index contributed by atoms with van der Waals surface area (Å²) >= 11 is 0. The molecule has 0 unspecified atom stereocenters. The van der Waals surface area contributed by atoms with Crippen molar-refractivity contribution in [1.29, 1.82) is 0 Å². The molecule has 0 aliphatic rings. The highest BCUT2D eigenvalue weighted by molar-refractivity contribution is 5.97. The second-order valence-corrected chi connectivity index (χ2v) is 6.47. The lowest BCUT2D eigenvalue weighted by Gasteiger charge is -2.07. The third-order valence-corrected chi connectivity index (χ3v) is 4.30. The number of ether oxygens (including phenoxy) is 2. The highest BCUT2D eigenvalue weighted by atomic mass is 16.5. The maximum atomic E-state index is 12.0. The van der Waals surface area contributed by atoms with Crippen LogP contribution in [0.5, 0.6) is 0 Å². The molecule has 2 aromatic rings. The number of carbonyl (C=O) groups excluding carboxylic acids is 4. The lowest BCUT2D eigenvalue weighted by atomic mass is 10.1. The minimum atomic E-state index is -0.459. The number of carbonyl (C=O) groups is 4. The number of hydrogen-bond donors (Lipinski definition) is 0. The molecule has 6 nitrogen and oxygen atoms in total. The topological polar surface area (TPSA) is 86.7 Å². The number of ketones is 2. The highest BCUT2D eigenvalue weighted by Crippen LogP contribution is 2.09. The van der Waals surface area contributed by atoms with Crippen LogP contribution >= 0.6 is 0 Å². The molecular formula is C23H24O6. The summed E-state index contributed by atoms with van der Waals surface area (Å²) < 4.78 is 10.4. The van der Waals surface area contributed by atoms with E-state index in [2.05, 4.69) is 0 Å². The predicted octanol–water partition coefficient (Wildman–Crippen LogP) is 4.28. The Morgan fingerprint density at radius 1 is 0.655 bits per heavy atom. The number of unbranched alkanes of at least 4 members (excludes halogenated alkanes) is 1. The number of esters is 2. The van der Waals surface area contributed by atoms with Crippen molar-refractivity contribution in [2.45, 2.75) is 33.1 Å². The first kappa shape index (κ1) is 22.0. The zero-order valence-corrected chi connectivity index (χ0v) is 16.6. The van der Waals surface area contributed by atoms with Crippen LogP contribution in [0.2, 0.25) is 0 Å². The van der Waals surface area contributed by atoms with Gasteiger partial charge in [-0.3, -0.25) is 9.59 Å². The Kier molecular flexibility index (Phi) is 8.27. The zero-order chi connectivity index (χ0) is 21.2. The van der Waals surface area contributed by atoms with Crippen molar-refractivity contribution in [2.24, 2.45) is 0 Å². The molecule has 29 heavy (non-hydrogen) atoms. The Hall–Kier alpha value is -3.28. The third kappa shape index (κ3) is 6.68. The van der Waals surface area contributed by atoms with Crippen molar-refractivity contribution in [2.75, 3.05) is 13.2 Å². The van der Waals surface area contributed by atoms with Crippen LogP contribution < -0.4 is 0 Å². The highest BCUT2D eigenvalue weighted by Gasteiger charge is 2.10. The molecule has 2 aromatic carbocycles. The Balaban J connectivity index is 1.66. The molecule has 0 saturated heterocycles. The molecule has 0 amide bonds. The first-order valence-electron chi connectivity index (χ1n) is 9.51. The van der Waals surface area contributed by atoms with E-state index in [0.717, 1.165) is 0 Å². The second-order valence-electron chi connectivity index (χ2n) is 6.47. The molecule has 0 spiro atoms. The molecule has 0 aromatic heterocycles. The number of Topliss-reactive ketones (excluding diaryl/α,β-unsaturated/α-hetero) is 2. The van der Waals surface area contributed by atoms with Gasteiger partial charge in [0, 0.05) is 17.5 Å².